The number of H-pyrrole nitrogens is 1. The third-order valence-corrected chi connectivity index (χ3v) is 6.80. The predicted molar refractivity (Wildman–Crippen MR) is 117 cm³/mol. The molecule has 170 valence electrons. The molecule has 2 fully saturated rings. The number of rotatable bonds is 5. The van der Waals surface area contributed by atoms with Crippen molar-refractivity contribution in [2.45, 2.75) is 43.9 Å². The summed E-state index contributed by atoms with van der Waals surface area (Å²) in [7, 11) is 0. The summed E-state index contributed by atoms with van der Waals surface area (Å²) in [5, 5.41) is 12.8. The summed E-state index contributed by atoms with van der Waals surface area (Å²) in [6.45, 7) is 0. The molecule has 3 aromatic rings. The zero-order valence-electron chi connectivity index (χ0n) is 17.7. The summed E-state index contributed by atoms with van der Waals surface area (Å²) >= 11 is 0. The van der Waals surface area contributed by atoms with Crippen molar-refractivity contribution in [3.05, 3.63) is 59.8 Å². The van der Waals surface area contributed by atoms with E-state index in [-0.39, 0.29) is 29.8 Å². The second-order valence-electron chi connectivity index (χ2n) is 8.85. The number of hydrogen-bond acceptors (Lipinski definition) is 3. The van der Waals surface area contributed by atoms with E-state index in [9.17, 15) is 18.0 Å². The van der Waals surface area contributed by atoms with Crippen molar-refractivity contribution in [3.63, 3.8) is 0 Å². The van der Waals surface area contributed by atoms with Crippen LogP contribution in [0.3, 0.4) is 0 Å². The van der Waals surface area contributed by atoms with Crippen molar-refractivity contribution in [2.24, 2.45) is 11.8 Å². The van der Waals surface area contributed by atoms with Crippen LogP contribution < -0.4 is 10.1 Å². The van der Waals surface area contributed by atoms with Gasteiger partial charge < -0.3 is 15.0 Å². The van der Waals surface area contributed by atoms with Gasteiger partial charge in [0, 0.05) is 17.1 Å². The van der Waals surface area contributed by atoms with Crippen LogP contribution in [0.25, 0.3) is 10.9 Å². The molecule has 2 atom stereocenters. The van der Waals surface area contributed by atoms with Gasteiger partial charge in [-0.15, -0.1) is 0 Å². The van der Waals surface area contributed by atoms with Crippen molar-refractivity contribution < 1.29 is 22.7 Å². The molecule has 1 aromatic heterocycles. The van der Waals surface area contributed by atoms with Crippen molar-refractivity contribution in [3.8, 4) is 11.8 Å². The average Bonchev–Trinajstić information content (AvgIpc) is 3.11. The minimum absolute atomic E-state index is 0.0157. The summed E-state index contributed by atoms with van der Waals surface area (Å²) in [5.41, 5.74) is 1.77. The Morgan fingerprint density at radius 3 is 2.52 bits per heavy atom. The van der Waals surface area contributed by atoms with Crippen LogP contribution in [-0.4, -0.2) is 17.0 Å². The minimum Gasteiger partial charge on any atom is -0.490 e. The van der Waals surface area contributed by atoms with Crippen LogP contribution in [0, 0.1) is 23.2 Å². The second-order valence-corrected chi connectivity index (χ2v) is 8.85. The van der Waals surface area contributed by atoms with E-state index in [4.69, 9.17) is 10.00 Å². The van der Waals surface area contributed by atoms with E-state index >= 15 is 0 Å². The van der Waals surface area contributed by atoms with Gasteiger partial charge in [-0.05, 0) is 67.5 Å². The fourth-order valence-corrected chi connectivity index (χ4v) is 4.54. The van der Waals surface area contributed by atoms with Crippen LogP contribution >= 0.6 is 0 Å². The van der Waals surface area contributed by atoms with Gasteiger partial charge in [-0.3, -0.25) is 4.79 Å². The maximum atomic E-state index is 12.7. The Balaban J connectivity index is 1.21. The molecule has 8 heteroatoms. The van der Waals surface area contributed by atoms with Crippen LogP contribution in [0.4, 0.5) is 18.9 Å². The number of nitrogens with zero attached hydrogens (tertiary/aromatic N) is 1. The normalized spacial score (nSPS) is 24.4. The molecule has 0 bridgehead atoms. The summed E-state index contributed by atoms with van der Waals surface area (Å²) in [6.07, 6.45) is 0.343. The number of nitrogens with one attached hydrogen (secondary N) is 2. The Hall–Kier alpha value is -3.47. The average molecular weight is 453 g/mol. The zero-order chi connectivity index (χ0) is 23.2. The molecule has 1 heterocycles. The largest absolute Gasteiger partial charge is 0.490 e. The molecule has 0 aliphatic heterocycles. The number of halogens is 3. The van der Waals surface area contributed by atoms with Gasteiger partial charge in [0.25, 0.3) is 0 Å². The molecule has 5 nitrogen and oxygen atoms in total. The Bertz CT molecular complexity index is 1220. The number of ether oxygens (including phenoxy) is 1. The number of benzene rings is 2. The molecule has 2 aliphatic rings. The molecule has 0 saturated heterocycles. The minimum atomic E-state index is -4.33. The van der Waals surface area contributed by atoms with E-state index in [0.717, 1.165) is 54.3 Å². The predicted octanol–water partition coefficient (Wildman–Crippen LogP) is 6.00. The highest BCUT2D eigenvalue weighted by Gasteiger charge is 2.37. The standard InChI is InChI=1S/C25H22F3N3O2/c26-25(27,28)17-4-1-14(2-5-17)16-9-19(10-16)33-18-6-8-22-21(11-18)23(13-30-22)31-24(32)20-7-3-15(20)12-29/h1-2,4-6,8,11,13,15-16,19-20,30H,3,7,9-10H2,(H,31,32). The first-order valence-electron chi connectivity index (χ1n) is 11.0. The van der Waals surface area contributed by atoms with E-state index in [0.29, 0.717) is 11.4 Å². The molecule has 0 spiro atoms. The highest BCUT2D eigenvalue weighted by Crippen LogP contribution is 2.41. The van der Waals surface area contributed by atoms with Gasteiger partial charge >= 0.3 is 6.18 Å². The number of hydrogen-bond donors (Lipinski definition) is 2. The van der Waals surface area contributed by atoms with E-state index in [1.54, 1.807) is 18.3 Å². The SMILES string of the molecule is N#CC1CCC1C(=O)Nc1c[nH]c2ccc(OC3CC(c4ccc(C(F)(F)F)cc4)C3)cc12. The quantitative estimate of drug-likeness (QED) is 0.497. The van der Waals surface area contributed by atoms with Crippen LogP contribution in [-0.2, 0) is 11.0 Å². The Kier molecular flexibility index (Phi) is 5.28. The summed E-state index contributed by atoms with van der Waals surface area (Å²) in [6, 6.07) is 13.1. The maximum absolute atomic E-state index is 12.7. The number of aromatic amines is 1. The van der Waals surface area contributed by atoms with E-state index in [2.05, 4.69) is 16.4 Å². The van der Waals surface area contributed by atoms with Crippen LogP contribution in [0.2, 0.25) is 0 Å². The number of amides is 1. The van der Waals surface area contributed by atoms with Crippen molar-refractivity contribution in [1.29, 1.82) is 5.26 Å². The maximum Gasteiger partial charge on any atom is 0.416 e. The number of carbonyl (C=O) groups is 1. The van der Waals surface area contributed by atoms with Gasteiger partial charge in [0.15, 0.2) is 0 Å². The smallest absolute Gasteiger partial charge is 0.416 e. The summed E-state index contributed by atoms with van der Waals surface area (Å²) in [5.74, 6) is 0.228. The molecule has 2 aliphatic carbocycles. The number of anilines is 1. The lowest BCUT2D eigenvalue weighted by molar-refractivity contribution is -0.137. The molecule has 2 N–H and O–H groups in total. The Morgan fingerprint density at radius 2 is 1.88 bits per heavy atom. The molecule has 0 radical (unpaired) electrons. The number of alkyl halides is 3. The summed E-state index contributed by atoms with van der Waals surface area (Å²) < 4.78 is 44.3. The highest BCUT2D eigenvalue weighted by molar-refractivity contribution is 6.03. The molecular weight excluding hydrogens is 431 g/mol. The molecule has 5 rings (SSSR count). The second kappa shape index (κ2) is 8.14. The Morgan fingerprint density at radius 1 is 1.12 bits per heavy atom. The third-order valence-electron chi connectivity index (χ3n) is 6.80. The van der Waals surface area contributed by atoms with Gasteiger partial charge in [0.2, 0.25) is 5.91 Å². The third kappa shape index (κ3) is 4.15. The zero-order valence-corrected chi connectivity index (χ0v) is 17.7. The molecule has 2 unspecified atom stereocenters. The van der Waals surface area contributed by atoms with E-state index in [1.807, 2.05) is 18.2 Å². The van der Waals surface area contributed by atoms with Crippen molar-refractivity contribution >= 4 is 22.5 Å². The molecule has 1 amide bonds. The fraction of sp³-hybridized carbons (Fsp3) is 0.360. The lowest BCUT2D eigenvalue weighted by Crippen LogP contribution is -2.35. The van der Waals surface area contributed by atoms with Crippen LogP contribution in [0.5, 0.6) is 5.75 Å². The first-order valence-corrected chi connectivity index (χ1v) is 11.0. The Labute approximate surface area is 188 Å². The first kappa shape index (κ1) is 21.4. The van der Waals surface area contributed by atoms with Gasteiger partial charge in [-0.2, -0.15) is 18.4 Å². The monoisotopic (exact) mass is 453 g/mol. The van der Waals surface area contributed by atoms with Crippen molar-refractivity contribution in [2.75, 3.05) is 5.32 Å². The van der Waals surface area contributed by atoms with E-state index < -0.39 is 11.7 Å². The molecular formula is C25H22F3N3O2. The van der Waals surface area contributed by atoms with Crippen LogP contribution in [0.1, 0.15) is 42.7 Å². The number of carbonyl (C=O) groups excluding carboxylic acids is 1. The first-order chi connectivity index (χ1) is 15.8. The number of nitriles is 1. The van der Waals surface area contributed by atoms with Crippen LogP contribution in [0.15, 0.2) is 48.7 Å². The molecule has 2 saturated carbocycles. The lowest BCUT2D eigenvalue weighted by Gasteiger charge is -2.36. The molecule has 33 heavy (non-hydrogen) atoms. The van der Waals surface area contributed by atoms with Gasteiger partial charge in [0.05, 0.1) is 35.3 Å². The number of fused-ring (bicyclic) bond motifs is 1. The summed E-state index contributed by atoms with van der Waals surface area (Å²) in [4.78, 5) is 15.6. The molecule has 2 aromatic carbocycles. The van der Waals surface area contributed by atoms with Gasteiger partial charge in [-0.1, -0.05) is 12.1 Å². The van der Waals surface area contributed by atoms with Crippen molar-refractivity contribution in [1.82, 2.24) is 4.98 Å². The number of aromatic nitrogens is 1. The van der Waals surface area contributed by atoms with Gasteiger partial charge in [-0.25, -0.2) is 0 Å². The van der Waals surface area contributed by atoms with Gasteiger partial charge in [0.1, 0.15) is 5.75 Å². The van der Waals surface area contributed by atoms with E-state index in [1.165, 1.54) is 0 Å². The highest BCUT2D eigenvalue weighted by atomic mass is 19.4. The topological polar surface area (TPSA) is 77.9 Å². The fourth-order valence-electron chi connectivity index (χ4n) is 4.54. The lowest BCUT2D eigenvalue weighted by atomic mass is 9.74.